The van der Waals surface area contributed by atoms with Crippen LogP contribution in [0.2, 0.25) is 0 Å². The summed E-state index contributed by atoms with van der Waals surface area (Å²) < 4.78 is 11.3. The summed E-state index contributed by atoms with van der Waals surface area (Å²) in [7, 11) is 0. The Labute approximate surface area is 195 Å². The van der Waals surface area contributed by atoms with E-state index < -0.39 is 12.1 Å². The van der Waals surface area contributed by atoms with Gasteiger partial charge in [0, 0.05) is 13.0 Å². The third-order valence-corrected chi connectivity index (χ3v) is 5.83. The summed E-state index contributed by atoms with van der Waals surface area (Å²) in [4.78, 5) is 11.4. The first-order valence-corrected chi connectivity index (χ1v) is 11.6. The van der Waals surface area contributed by atoms with Crippen LogP contribution < -0.4 is 4.74 Å². The van der Waals surface area contributed by atoms with Gasteiger partial charge in [-0.1, -0.05) is 73.7 Å². The van der Waals surface area contributed by atoms with Gasteiger partial charge in [0.15, 0.2) is 6.10 Å². The molecule has 4 heteroatoms. The molecule has 170 valence electrons. The van der Waals surface area contributed by atoms with Crippen molar-refractivity contribution in [3.63, 3.8) is 0 Å². The van der Waals surface area contributed by atoms with E-state index in [4.69, 9.17) is 9.47 Å². The molecule has 0 amide bonds. The minimum Gasteiger partial charge on any atom is -0.494 e. The maximum Gasteiger partial charge on any atom is 0.333 e. The minimum atomic E-state index is -0.926. The first kappa shape index (κ1) is 22.8. The van der Waals surface area contributed by atoms with Gasteiger partial charge in [0.25, 0.3) is 0 Å². The molecule has 1 atom stereocenters. The molecule has 0 aromatic heterocycles. The van der Waals surface area contributed by atoms with Crippen molar-refractivity contribution in [3.8, 4) is 16.9 Å². The summed E-state index contributed by atoms with van der Waals surface area (Å²) in [6.07, 6.45) is 4.51. The van der Waals surface area contributed by atoms with Crippen LogP contribution in [-0.4, -0.2) is 30.4 Å². The van der Waals surface area contributed by atoms with E-state index in [1.54, 1.807) is 0 Å². The number of carboxylic acids is 1. The molecule has 0 spiro atoms. The number of benzene rings is 3. The topological polar surface area (TPSA) is 55.8 Å². The Balaban J connectivity index is 1.29. The van der Waals surface area contributed by atoms with Crippen molar-refractivity contribution in [2.24, 2.45) is 0 Å². The Bertz CT molecular complexity index is 1070. The molecular formula is C29H30O4. The highest BCUT2D eigenvalue weighted by atomic mass is 16.5. The third kappa shape index (κ3) is 5.52. The Morgan fingerprint density at radius 2 is 1.48 bits per heavy atom. The molecule has 0 heterocycles. The summed E-state index contributed by atoms with van der Waals surface area (Å²) in [6.45, 7) is 3.04. The lowest BCUT2D eigenvalue weighted by atomic mass is 10.0. The Kier molecular flexibility index (Phi) is 7.59. The average molecular weight is 443 g/mol. The smallest absolute Gasteiger partial charge is 0.333 e. The van der Waals surface area contributed by atoms with Gasteiger partial charge < -0.3 is 14.6 Å². The van der Waals surface area contributed by atoms with Crippen LogP contribution in [0.15, 0.2) is 78.9 Å². The zero-order chi connectivity index (χ0) is 23.0. The quantitative estimate of drug-likeness (QED) is 0.274. The molecule has 0 saturated carbocycles. The van der Waals surface area contributed by atoms with E-state index in [2.05, 4.69) is 54.6 Å². The standard InChI is InChI=1S/C29H30O4/c1-2-18-33-28(29(30)31)20-21-14-16-22(17-15-21)32-19-8-7-13-27-25-11-5-3-9-23(25)24-10-4-6-12-26(24)27/h3-6,9-17,28H,2,7-8,18-20H2,1H3,(H,30,31). The van der Waals surface area contributed by atoms with Crippen LogP contribution in [0.4, 0.5) is 0 Å². The van der Waals surface area contributed by atoms with Crippen LogP contribution in [0, 0.1) is 0 Å². The van der Waals surface area contributed by atoms with Gasteiger partial charge in [-0.3, -0.25) is 0 Å². The number of hydrogen-bond acceptors (Lipinski definition) is 3. The molecule has 0 aliphatic heterocycles. The van der Waals surface area contributed by atoms with Crippen LogP contribution in [0.1, 0.15) is 42.9 Å². The van der Waals surface area contributed by atoms with Gasteiger partial charge in [-0.05, 0) is 64.8 Å². The normalized spacial score (nSPS) is 12.7. The molecular weight excluding hydrogens is 412 g/mol. The van der Waals surface area contributed by atoms with Gasteiger partial charge >= 0.3 is 5.97 Å². The van der Waals surface area contributed by atoms with E-state index >= 15 is 0 Å². The lowest BCUT2D eigenvalue weighted by Gasteiger charge is -2.13. The van der Waals surface area contributed by atoms with Gasteiger partial charge in [-0.15, -0.1) is 0 Å². The number of hydrogen-bond donors (Lipinski definition) is 1. The molecule has 0 saturated heterocycles. The summed E-state index contributed by atoms with van der Waals surface area (Å²) >= 11 is 0. The molecule has 1 aliphatic carbocycles. The van der Waals surface area contributed by atoms with Gasteiger partial charge in [-0.25, -0.2) is 4.79 Å². The predicted octanol–water partition coefficient (Wildman–Crippen LogP) is 6.38. The van der Waals surface area contributed by atoms with Crippen LogP contribution in [-0.2, 0) is 16.0 Å². The molecule has 33 heavy (non-hydrogen) atoms. The largest absolute Gasteiger partial charge is 0.494 e. The number of unbranched alkanes of at least 4 members (excludes halogenated alkanes) is 1. The second-order valence-electron chi connectivity index (χ2n) is 8.25. The number of allylic oxidation sites excluding steroid dienone is 1. The average Bonchev–Trinajstić information content (AvgIpc) is 3.16. The Morgan fingerprint density at radius 1 is 0.879 bits per heavy atom. The Morgan fingerprint density at radius 3 is 2.06 bits per heavy atom. The molecule has 1 N–H and O–H groups in total. The number of aliphatic carboxylic acids is 1. The molecule has 3 aromatic carbocycles. The molecule has 0 radical (unpaired) electrons. The summed E-state index contributed by atoms with van der Waals surface area (Å²) in [5.74, 6) is -0.130. The van der Waals surface area contributed by atoms with E-state index in [-0.39, 0.29) is 0 Å². The van der Waals surface area contributed by atoms with Crippen molar-refractivity contribution in [2.45, 2.75) is 38.7 Å². The molecule has 0 fully saturated rings. The van der Waals surface area contributed by atoms with Crippen LogP contribution >= 0.6 is 0 Å². The molecule has 3 aromatic rings. The first-order valence-electron chi connectivity index (χ1n) is 11.6. The fourth-order valence-electron chi connectivity index (χ4n) is 4.20. The van der Waals surface area contributed by atoms with E-state index in [9.17, 15) is 9.90 Å². The fraction of sp³-hybridized carbons (Fsp3) is 0.276. The lowest BCUT2D eigenvalue weighted by molar-refractivity contribution is -0.150. The minimum absolute atomic E-state index is 0.353. The van der Waals surface area contributed by atoms with E-state index in [1.807, 2.05) is 31.2 Å². The summed E-state index contributed by atoms with van der Waals surface area (Å²) in [5, 5.41) is 9.32. The molecule has 4 nitrogen and oxygen atoms in total. The van der Waals surface area contributed by atoms with E-state index in [1.165, 1.54) is 27.8 Å². The molecule has 0 bridgehead atoms. The summed E-state index contributed by atoms with van der Waals surface area (Å²) in [5.41, 5.74) is 7.45. The van der Waals surface area contributed by atoms with Crippen molar-refractivity contribution in [1.29, 1.82) is 0 Å². The predicted molar refractivity (Wildman–Crippen MR) is 131 cm³/mol. The number of rotatable bonds is 11. The van der Waals surface area contributed by atoms with Gasteiger partial charge in [0.05, 0.1) is 6.61 Å². The van der Waals surface area contributed by atoms with Crippen molar-refractivity contribution in [1.82, 2.24) is 0 Å². The summed E-state index contributed by atoms with van der Waals surface area (Å²) in [6, 6.07) is 24.8. The molecule has 4 rings (SSSR count). The van der Waals surface area contributed by atoms with Crippen molar-refractivity contribution in [2.75, 3.05) is 13.2 Å². The number of ether oxygens (including phenoxy) is 2. The van der Waals surface area contributed by atoms with Crippen molar-refractivity contribution < 1.29 is 19.4 Å². The lowest BCUT2D eigenvalue weighted by Crippen LogP contribution is -2.26. The fourth-order valence-corrected chi connectivity index (χ4v) is 4.20. The maximum atomic E-state index is 11.4. The number of carbonyl (C=O) groups is 1. The Hall–Kier alpha value is -3.37. The van der Waals surface area contributed by atoms with E-state index in [0.29, 0.717) is 19.6 Å². The molecule has 1 unspecified atom stereocenters. The zero-order valence-corrected chi connectivity index (χ0v) is 19.0. The monoisotopic (exact) mass is 442 g/mol. The SMILES string of the molecule is CCCOC(Cc1ccc(OCCCC=C2c3ccccc3-c3ccccc32)cc1)C(=O)O. The van der Waals surface area contributed by atoms with Crippen LogP contribution in [0.3, 0.4) is 0 Å². The highest BCUT2D eigenvalue weighted by molar-refractivity contribution is 6.01. The number of carboxylic acid groups (broad SMARTS) is 1. The zero-order valence-electron chi connectivity index (χ0n) is 19.0. The molecule has 1 aliphatic rings. The number of fused-ring (bicyclic) bond motifs is 3. The van der Waals surface area contributed by atoms with Gasteiger partial charge in [0.1, 0.15) is 5.75 Å². The van der Waals surface area contributed by atoms with Crippen molar-refractivity contribution in [3.05, 3.63) is 95.6 Å². The first-order chi connectivity index (χ1) is 16.2. The van der Waals surface area contributed by atoms with E-state index in [0.717, 1.165) is 30.6 Å². The second-order valence-corrected chi connectivity index (χ2v) is 8.25. The second kappa shape index (κ2) is 11.0. The third-order valence-electron chi connectivity index (χ3n) is 5.83. The van der Waals surface area contributed by atoms with Crippen LogP contribution in [0.25, 0.3) is 16.7 Å². The highest BCUT2D eigenvalue weighted by Crippen LogP contribution is 2.43. The van der Waals surface area contributed by atoms with Crippen molar-refractivity contribution >= 4 is 11.5 Å². The van der Waals surface area contributed by atoms with Gasteiger partial charge in [-0.2, -0.15) is 0 Å². The van der Waals surface area contributed by atoms with Gasteiger partial charge in [0.2, 0.25) is 0 Å². The maximum absolute atomic E-state index is 11.4. The van der Waals surface area contributed by atoms with Crippen LogP contribution in [0.5, 0.6) is 5.75 Å². The highest BCUT2D eigenvalue weighted by Gasteiger charge is 2.21.